The van der Waals surface area contributed by atoms with Crippen LogP contribution in [0, 0.1) is 5.92 Å². The first-order valence-corrected chi connectivity index (χ1v) is 9.51. The van der Waals surface area contributed by atoms with Crippen molar-refractivity contribution in [2.75, 3.05) is 20.7 Å². The minimum atomic E-state index is -0.900. The van der Waals surface area contributed by atoms with E-state index in [4.69, 9.17) is 10.5 Å². The van der Waals surface area contributed by atoms with Crippen LogP contribution in [0.25, 0.3) is 0 Å². The third kappa shape index (κ3) is 2.56. The number of nitrogens with zero attached hydrogens (tertiary/aromatic N) is 1. The SMILES string of the molecule is COc1ccc2c(c1)[C@]13CCN(C)[C@H](C2)[C@]1(O)CC[C@@H](C(=O)NC(N)=O)C3. The van der Waals surface area contributed by atoms with Crippen LogP contribution in [0.1, 0.15) is 36.8 Å². The number of piperidine rings is 1. The first-order valence-electron chi connectivity index (χ1n) is 9.51. The van der Waals surface area contributed by atoms with Crippen molar-refractivity contribution < 1.29 is 19.4 Å². The molecule has 1 saturated carbocycles. The number of nitrogens with two attached hydrogens (primary N) is 1. The third-order valence-electron chi connectivity index (χ3n) is 7.14. The number of urea groups is 1. The predicted molar refractivity (Wildman–Crippen MR) is 99.4 cm³/mol. The molecule has 1 heterocycles. The van der Waals surface area contributed by atoms with E-state index in [1.54, 1.807) is 7.11 Å². The minimum Gasteiger partial charge on any atom is -0.497 e. The lowest BCUT2D eigenvalue weighted by molar-refractivity contribution is -0.172. The third-order valence-corrected chi connectivity index (χ3v) is 7.14. The molecule has 0 spiro atoms. The maximum atomic E-state index is 12.5. The standard InChI is InChI=1S/C20H27N3O4/c1-23-8-7-19-11-13(17(24)22-18(21)25)5-6-20(19,26)16(23)9-12-3-4-14(27-2)10-15(12)19/h3-4,10,13,16,26H,5-9,11H2,1-2H3,(H3,21,22,24,25)/t13-,16-,19-,20-/m1/s1. The van der Waals surface area contributed by atoms with Crippen LogP contribution in [0.3, 0.4) is 0 Å². The van der Waals surface area contributed by atoms with E-state index in [-0.39, 0.29) is 17.9 Å². The summed E-state index contributed by atoms with van der Waals surface area (Å²) in [7, 11) is 3.70. The van der Waals surface area contributed by atoms with Gasteiger partial charge < -0.3 is 20.5 Å². The lowest BCUT2D eigenvalue weighted by Gasteiger charge is -2.64. The summed E-state index contributed by atoms with van der Waals surface area (Å²) in [4.78, 5) is 25.9. The zero-order valence-corrected chi connectivity index (χ0v) is 15.8. The molecular weight excluding hydrogens is 346 g/mol. The minimum absolute atomic E-state index is 0.0206. The van der Waals surface area contributed by atoms with Crippen molar-refractivity contribution in [2.24, 2.45) is 11.7 Å². The Morgan fingerprint density at radius 2 is 2.15 bits per heavy atom. The molecule has 1 aromatic rings. The second kappa shape index (κ2) is 6.21. The maximum Gasteiger partial charge on any atom is 0.318 e. The zero-order valence-electron chi connectivity index (χ0n) is 15.8. The van der Waals surface area contributed by atoms with E-state index in [1.807, 2.05) is 12.1 Å². The van der Waals surface area contributed by atoms with Crippen molar-refractivity contribution in [1.82, 2.24) is 10.2 Å². The molecule has 1 saturated heterocycles. The van der Waals surface area contributed by atoms with Crippen LogP contribution in [0.4, 0.5) is 4.79 Å². The van der Waals surface area contributed by atoms with Gasteiger partial charge in [-0.25, -0.2) is 4.79 Å². The molecule has 4 N–H and O–H groups in total. The fourth-order valence-corrected chi connectivity index (χ4v) is 5.79. The van der Waals surface area contributed by atoms with Gasteiger partial charge in [0.15, 0.2) is 0 Å². The number of likely N-dealkylation sites (tertiary alicyclic amines) is 1. The van der Waals surface area contributed by atoms with Gasteiger partial charge >= 0.3 is 6.03 Å². The quantitative estimate of drug-likeness (QED) is 0.715. The Kier molecular flexibility index (Phi) is 4.20. The number of methoxy groups -OCH3 is 1. The fourth-order valence-electron chi connectivity index (χ4n) is 5.79. The highest BCUT2D eigenvalue weighted by Gasteiger charge is 2.64. The highest BCUT2D eigenvalue weighted by atomic mass is 16.5. The topological polar surface area (TPSA) is 105 Å². The van der Waals surface area contributed by atoms with E-state index in [0.717, 1.165) is 30.7 Å². The molecule has 3 amide bonds. The van der Waals surface area contributed by atoms with Gasteiger partial charge in [-0.05, 0) is 69.0 Å². The number of carbonyl (C=O) groups is 2. The predicted octanol–water partition coefficient (Wildman–Crippen LogP) is 0.919. The van der Waals surface area contributed by atoms with Crippen molar-refractivity contribution in [3.63, 3.8) is 0 Å². The molecule has 1 aromatic carbocycles. The largest absolute Gasteiger partial charge is 0.497 e. The van der Waals surface area contributed by atoms with Gasteiger partial charge in [-0.2, -0.15) is 0 Å². The first kappa shape index (κ1) is 18.3. The van der Waals surface area contributed by atoms with Gasteiger partial charge in [-0.15, -0.1) is 0 Å². The molecule has 4 rings (SSSR count). The number of primary amides is 1. The van der Waals surface area contributed by atoms with Gasteiger partial charge in [-0.3, -0.25) is 10.1 Å². The van der Waals surface area contributed by atoms with Crippen LogP contribution in [0.2, 0.25) is 0 Å². The number of carbonyl (C=O) groups excluding carboxylic acids is 2. The summed E-state index contributed by atoms with van der Waals surface area (Å²) in [6.45, 7) is 0.855. The Bertz CT molecular complexity index is 797. The molecule has 7 heteroatoms. The van der Waals surface area contributed by atoms with Gasteiger partial charge in [0.1, 0.15) is 5.75 Å². The van der Waals surface area contributed by atoms with E-state index in [1.165, 1.54) is 5.56 Å². The van der Waals surface area contributed by atoms with Crippen molar-refractivity contribution in [3.8, 4) is 5.75 Å². The van der Waals surface area contributed by atoms with Crippen LogP contribution >= 0.6 is 0 Å². The molecule has 7 nitrogen and oxygen atoms in total. The number of hydrogen-bond donors (Lipinski definition) is 3. The summed E-state index contributed by atoms with van der Waals surface area (Å²) in [6.07, 6.45) is 3.12. The molecule has 2 fully saturated rings. The summed E-state index contributed by atoms with van der Waals surface area (Å²) in [5.74, 6) is 0.0648. The van der Waals surface area contributed by atoms with Crippen LogP contribution in [0.15, 0.2) is 18.2 Å². The molecular formula is C20H27N3O4. The fraction of sp³-hybridized carbons (Fsp3) is 0.600. The number of hydrogen-bond acceptors (Lipinski definition) is 5. The van der Waals surface area contributed by atoms with Crippen LogP contribution < -0.4 is 15.8 Å². The monoisotopic (exact) mass is 373 g/mol. The molecule has 1 aliphatic heterocycles. The molecule has 4 atom stereocenters. The van der Waals surface area contributed by atoms with Crippen LogP contribution in [-0.2, 0) is 16.6 Å². The molecule has 2 aliphatic carbocycles. The highest BCUT2D eigenvalue weighted by molar-refractivity contribution is 5.94. The molecule has 0 aromatic heterocycles. The molecule has 27 heavy (non-hydrogen) atoms. The Hall–Kier alpha value is -2.12. The van der Waals surface area contributed by atoms with Gasteiger partial charge in [0.05, 0.1) is 12.7 Å². The highest BCUT2D eigenvalue weighted by Crippen LogP contribution is 2.59. The second-order valence-electron chi connectivity index (χ2n) is 8.27. The number of ether oxygens (including phenoxy) is 1. The van der Waals surface area contributed by atoms with Gasteiger partial charge in [-0.1, -0.05) is 6.07 Å². The Labute approximate surface area is 158 Å². The number of amides is 3. The summed E-state index contributed by atoms with van der Waals surface area (Å²) in [5, 5.41) is 14.1. The molecule has 2 bridgehead atoms. The number of rotatable bonds is 2. The van der Waals surface area contributed by atoms with Crippen molar-refractivity contribution in [1.29, 1.82) is 0 Å². The molecule has 3 aliphatic rings. The molecule has 0 unspecified atom stereocenters. The number of benzene rings is 1. The Morgan fingerprint density at radius 3 is 2.85 bits per heavy atom. The van der Waals surface area contributed by atoms with Crippen molar-refractivity contribution in [3.05, 3.63) is 29.3 Å². The van der Waals surface area contributed by atoms with Crippen molar-refractivity contribution in [2.45, 2.75) is 49.2 Å². The number of imide groups is 1. The Morgan fingerprint density at radius 1 is 1.37 bits per heavy atom. The lowest BCUT2D eigenvalue weighted by Crippen LogP contribution is -2.73. The van der Waals surface area contributed by atoms with Crippen molar-refractivity contribution >= 4 is 11.9 Å². The number of fused-ring (bicyclic) bond motifs is 1. The lowest BCUT2D eigenvalue weighted by atomic mass is 9.48. The summed E-state index contributed by atoms with van der Waals surface area (Å²) < 4.78 is 5.44. The molecule has 146 valence electrons. The summed E-state index contributed by atoms with van der Waals surface area (Å²) in [5.41, 5.74) is 6.01. The average Bonchev–Trinajstić information content (AvgIpc) is 2.63. The summed E-state index contributed by atoms with van der Waals surface area (Å²) >= 11 is 0. The number of nitrogens with one attached hydrogen (secondary N) is 1. The van der Waals surface area contributed by atoms with Gasteiger partial charge in [0.25, 0.3) is 0 Å². The molecule has 0 radical (unpaired) electrons. The van der Waals surface area contributed by atoms with Crippen LogP contribution in [-0.4, -0.2) is 54.3 Å². The Balaban J connectivity index is 1.81. The van der Waals surface area contributed by atoms with Gasteiger partial charge in [0, 0.05) is 17.4 Å². The first-order chi connectivity index (χ1) is 12.8. The van der Waals surface area contributed by atoms with E-state index < -0.39 is 17.0 Å². The smallest absolute Gasteiger partial charge is 0.318 e. The van der Waals surface area contributed by atoms with E-state index in [9.17, 15) is 14.7 Å². The van der Waals surface area contributed by atoms with E-state index in [0.29, 0.717) is 19.3 Å². The maximum absolute atomic E-state index is 12.5. The summed E-state index contributed by atoms with van der Waals surface area (Å²) in [6, 6.07) is 5.25. The number of likely N-dealkylation sites (N-methyl/N-ethyl adjacent to an activating group) is 1. The average molecular weight is 373 g/mol. The van der Waals surface area contributed by atoms with E-state index in [2.05, 4.69) is 23.3 Å². The second-order valence-corrected chi connectivity index (χ2v) is 8.27. The number of aliphatic hydroxyl groups is 1. The van der Waals surface area contributed by atoms with Crippen LogP contribution in [0.5, 0.6) is 5.75 Å². The zero-order chi connectivity index (χ0) is 19.4. The van der Waals surface area contributed by atoms with E-state index >= 15 is 0 Å². The normalized spacial score (nSPS) is 34.9. The van der Waals surface area contributed by atoms with Gasteiger partial charge in [0.2, 0.25) is 5.91 Å².